The van der Waals surface area contributed by atoms with Crippen LogP contribution < -0.4 is 5.32 Å². The number of thioether (sulfide) groups is 1. The SMILES string of the molecule is Cc1cc(C)cc(NC(=O)c2nnn(-c3ccc(F)cc3)c2CSc2ncccn2)c1. The molecule has 0 aliphatic rings. The lowest BCUT2D eigenvalue weighted by atomic mass is 10.1. The molecule has 1 amide bonds. The second-order valence-electron chi connectivity index (χ2n) is 6.92. The lowest BCUT2D eigenvalue weighted by Gasteiger charge is -2.09. The minimum absolute atomic E-state index is 0.187. The van der Waals surface area contributed by atoms with E-state index >= 15 is 0 Å². The monoisotopic (exact) mass is 434 g/mol. The smallest absolute Gasteiger partial charge is 0.278 e. The molecule has 4 aromatic rings. The number of anilines is 1. The molecule has 7 nitrogen and oxygen atoms in total. The number of rotatable bonds is 6. The Bertz CT molecular complexity index is 1190. The van der Waals surface area contributed by atoms with Crippen molar-refractivity contribution in [3.63, 3.8) is 0 Å². The summed E-state index contributed by atoms with van der Waals surface area (Å²) in [5, 5.41) is 11.7. The van der Waals surface area contributed by atoms with Crippen LogP contribution in [0.2, 0.25) is 0 Å². The van der Waals surface area contributed by atoms with E-state index < -0.39 is 0 Å². The molecule has 0 saturated carbocycles. The first kappa shape index (κ1) is 20.7. The zero-order chi connectivity index (χ0) is 21.8. The molecule has 31 heavy (non-hydrogen) atoms. The maximum atomic E-state index is 13.4. The zero-order valence-corrected chi connectivity index (χ0v) is 17.7. The minimum atomic E-state index is -0.372. The Balaban J connectivity index is 1.67. The van der Waals surface area contributed by atoms with Crippen LogP contribution >= 0.6 is 11.8 Å². The standard InChI is InChI=1S/C22H19FN6OS/c1-14-10-15(2)12-17(11-14)26-21(30)20-19(13-31-22-24-8-3-9-25-22)29(28-27-20)18-6-4-16(23)5-7-18/h3-12H,13H2,1-2H3,(H,26,30). The maximum absolute atomic E-state index is 13.4. The van der Waals surface area contributed by atoms with Crippen LogP contribution in [-0.4, -0.2) is 30.9 Å². The van der Waals surface area contributed by atoms with E-state index in [0.29, 0.717) is 28.0 Å². The van der Waals surface area contributed by atoms with Crippen molar-refractivity contribution >= 4 is 23.4 Å². The van der Waals surface area contributed by atoms with Crippen LogP contribution in [-0.2, 0) is 5.75 Å². The highest BCUT2D eigenvalue weighted by atomic mass is 32.2. The third kappa shape index (κ3) is 4.95. The van der Waals surface area contributed by atoms with Crippen molar-refractivity contribution in [1.29, 1.82) is 0 Å². The van der Waals surface area contributed by atoms with Gasteiger partial charge in [0, 0.05) is 23.8 Å². The first-order chi connectivity index (χ1) is 15.0. The van der Waals surface area contributed by atoms with Crippen molar-refractivity contribution in [1.82, 2.24) is 25.0 Å². The summed E-state index contributed by atoms with van der Waals surface area (Å²) in [7, 11) is 0. The fourth-order valence-electron chi connectivity index (χ4n) is 3.13. The Morgan fingerprint density at radius 2 is 1.74 bits per heavy atom. The van der Waals surface area contributed by atoms with Crippen molar-refractivity contribution < 1.29 is 9.18 Å². The van der Waals surface area contributed by atoms with Crippen molar-refractivity contribution in [2.75, 3.05) is 5.32 Å². The largest absolute Gasteiger partial charge is 0.321 e. The first-order valence-corrected chi connectivity index (χ1v) is 10.5. The fraction of sp³-hybridized carbons (Fsp3) is 0.136. The number of carbonyl (C=O) groups is 1. The molecule has 0 bridgehead atoms. The molecule has 0 aliphatic heterocycles. The summed E-state index contributed by atoms with van der Waals surface area (Å²) in [6, 6.07) is 13.4. The van der Waals surface area contributed by atoms with Gasteiger partial charge < -0.3 is 5.32 Å². The lowest BCUT2D eigenvalue weighted by molar-refractivity contribution is 0.102. The molecule has 4 rings (SSSR count). The number of nitrogens with one attached hydrogen (secondary N) is 1. The molecule has 2 aromatic carbocycles. The van der Waals surface area contributed by atoms with Crippen molar-refractivity contribution in [2.45, 2.75) is 24.8 Å². The average molecular weight is 435 g/mol. The second kappa shape index (κ2) is 9.05. The summed E-state index contributed by atoms with van der Waals surface area (Å²) in [4.78, 5) is 21.5. The summed E-state index contributed by atoms with van der Waals surface area (Å²) >= 11 is 1.36. The summed E-state index contributed by atoms with van der Waals surface area (Å²) < 4.78 is 14.9. The van der Waals surface area contributed by atoms with E-state index in [1.807, 2.05) is 32.0 Å². The van der Waals surface area contributed by atoms with Gasteiger partial charge in [0.05, 0.1) is 11.4 Å². The summed E-state index contributed by atoms with van der Waals surface area (Å²) in [6.45, 7) is 3.94. The Morgan fingerprint density at radius 1 is 1.06 bits per heavy atom. The van der Waals surface area contributed by atoms with Crippen molar-refractivity contribution in [2.24, 2.45) is 0 Å². The van der Waals surface area contributed by atoms with Gasteiger partial charge in [-0.25, -0.2) is 19.0 Å². The summed E-state index contributed by atoms with van der Waals surface area (Å²) in [5.74, 6) is -0.377. The molecule has 0 aliphatic carbocycles. The van der Waals surface area contributed by atoms with Gasteiger partial charge in [-0.05, 0) is 67.4 Å². The molecule has 156 valence electrons. The molecule has 0 saturated heterocycles. The second-order valence-corrected chi connectivity index (χ2v) is 7.87. The van der Waals surface area contributed by atoms with Gasteiger partial charge in [-0.15, -0.1) is 5.10 Å². The van der Waals surface area contributed by atoms with Crippen LogP contribution in [0.15, 0.2) is 66.1 Å². The number of aryl methyl sites for hydroxylation is 2. The average Bonchev–Trinajstić information content (AvgIpc) is 3.17. The number of nitrogens with zero attached hydrogens (tertiary/aromatic N) is 5. The van der Waals surface area contributed by atoms with Crippen LogP contribution in [0.5, 0.6) is 0 Å². The number of aromatic nitrogens is 5. The molecule has 9 heteroatoms. The molecule has 2 heterocycles. The predicted molar refractivity (Wildman–Crippen MR) is 117 cm³/mol. The van der Waals surface area contributed by atoms with E-state index in [4.69, 9.17) is 0 Å². The Labute approximate surface area is 182 Å². The highest BCUT2D eigenvalue weighted by Gasteiger charge is 2.21. The van der Waals surface area contributed by atoms with Gasteiger partial charge in [-0.1, -0.05) is 23.0 Å². The van der Waals surface area contributed by atoms with Gasteiger partial charge in [0.2, 0.25) is 0 Å². The molecule has 0 atom stereocenters. The predicted octanol–water partition coefficient (Wildman–Crippen LogP) is 4.36. The van der Waals surface area contributed by atoms with Crippen LogP contribution in [0.3, 0.4) is 0 Å². The van der Waals surface area contributed by atoms with Gasteiger partial charge in [-0.3, -0.25) is 4.79 Å². The van der Waals surface area contributed by atoms with Gasteiger partial charge in [-0.2, -0.15) is 0 Å². The third-order valence-electron chi connectivity index (χ3n) is 4.41. The van der Waals surface area contributed by atoms with Crippen molar-refractivity contribution in [3.8, 4) is 5.69 Å². The minimum Gasteiger partial charge on any atom is -0.321 e. The quantitative estimate of drug-likeness (QED) is 0.359. The first-order valence-electron chi connectivity index (χ1n) is 9.49. The number of benzene rings is 2. The van der Waals surface area contributed by atoms with E-state index in [-0.39, 0.29) is 17.4 Å². The van der Waals surface area contributed by atoms with E-state index in [9.17, 15) is 9.18 Å². The van der Waals surface area contributed by atoms with Gasteiger partial charge in [0.15, 0.2) is 10.9 Å². The number of carbonyl (C=O) groups excluding carboxylic acids is 1. The van der Waals surface area contributed by atoms with Crippen LogP contribution in [0.4, 0.5) is 10.1 Å². The van der Waals surface area contributed by atoms with Crippen molar-refractivity contribution in [3.05, 3.63) is 89.3 Å². The van der Waals surface area contributed by atoms with E-state index in [1.165, 1.54) is 28.6 Å². The number of hydrogen-bond acceptors (Lipinski definition) is 6. The number of hydrogen-bond donors (Lipinski definition) is 1. The zero-order valence-electron chi connectivity index (χ0n) is 16.9. The Hall–Kier alpha value is -3.59. The molecule has 0 unspecified atom stereocenters. The molecular weight excluding hydrogens is 415 g/mol. The van der Waals surface area contributed by atoms with Crippen LogP contribution in [0.1, 0.15) is 27.3 Å². The van der Waals surface area contributed by atoms with E-state index in [0.717, 1.165) is 11.1 Å². The fourth-order valence-corrected chi connectivity index (χ4v) is 3.92. The normalized spacial score (nSPS) is 10.8. The Morgan fingerprint density at radius 3 is 2.42 bits per heavy atom. The highest BCUT2D eigenvalue weighted by Crippen LogP contribution is 2.24. The highest BCUT2D eigenvalue weighted by molar-refractivity contribution is 7.98. The maximum Gasteiger partial charge on any atom is 0.278 e. The number of halogens is 1. The summed E-state index contributed by atoms with van der Waals surface area (Å²) in [6.07, 6.45) is 3.30. The van der Waals surface area contributed by atoms with Gasteiger partial charge >= 0.3 is 0 Å². The van der Waals surface area contributed by atoms with Crippen LogP contribution in [0, 0.1) is 19.7 Å². The van der Waals surface area contributed by atoms with E-state index in [2.05, 4.69) is 25.6 Å². The molecule has 2 aromatic heterocycles. The van der Waals surface area contributed by atoms with E-state index in [1.54, 1.807) is 30.6 Å². The Kier molecular flexibility index (Phi) is 6.03. The molecular formula is C22H19FN6OS. The van der Waals surface area contributed by atoms with Crippen LogP contribution in [0.25, 0.3) is 5.69 Å². The third-order valence-corrected chi connectivity index (χ3v) is 5.30. The molecule has 1 N–H and O–H groups in total. The topological polar surface area (TPSA) is 85.6 Å². The summed E-state index contributed by atoms with van der Waals surface area (Å²) in [5.41, 5.74) is 4.12. The number of amides is 1. The molecule has 0 spiro atoms. The van der Waals surface area contributed by atoms with Gasteiger partial charge in [0.25, 0.3) is 5.91 Å². The molecule has 0 fully saturated rings. The van der Waals surface area contributed by atoms with Gasteiger partial charge in [0.1, 0.15) is 5.82 Å². The molecule has 0 radical (unpaired) electrons. The lowest BCUT2D eigenvalue weighted by Crippen LogP contribution is -2.15.